The van der Waals surface area contributed by atoms with Gasteiger partial charge in [-0.25, -0.2) is 4.79 Å². The molecule has 0 radical (unpaired) electrons. The number of carbonyl (C=O) groups is 2. The van der Waals surface area contributed by atoms with Crippen LogP contribution in [0.2, 0.25) is 0 Å². The number of fused-ring (bicyclic) bond motifs is 1. The summed E-state index contributed by atoms with van der Waals surface area (Å²) in [5.74, 6) is -1.04. The van der Waals surface area contributed by atoms with Crippen LogP contribution in [0.4, 0.5) is 10.5 Å². The summed E-state index contributed by atoms with van der Waals surface area (Å²) >= 11 is 0. The fourth-order valence-corrected chi connectivity index (χ4v) is 1.87. The van der Waals surface area contributed by atoms with E-state index in [-0.39, 0.29) is 6.03 Å². The summed E-state index contributed by atoms with van der Waals surface area (Å²) in [6.45, 7) is 2.04. The van der Waals surface area contributed by atoms with Crippen molar-refractivity contribution >= 4 is 17.7 Å². The van der Waals surface area contributed by atoms with Crippen LogP contribution in [-0.4, -0.2) is 29.7 Å². The normalized spacial score (nSPS) is 15.2. The van der Waals surface area contributed by atoms with E-state index in [1.807, 2.05) is 24.3 Å². The van der Waals surface area contributed by atoms with Gasteiger partial charge in [-0.1, -0.05) is 18.2 Å². The fraction of sp³-hybridized carbons (Fsp3) is 0.333. The Morgan fingerprint density at radius 1 is 1.41 bits per heavy atom. The van der Waals surface area contributed by atoms with E-state index < -0.39 is 12.0 Å². The predicted molar refractivity (Wildman–Crippen MR) is 63.1 cm³/mol. The number of anilines is 1. The van der Waals surface area contributed by atoms with E-state index >= 15 is 0 Å². The Labute approximate surface area is 99.0 Å². The van der Waals surface area contributed by atoms with Crippen LogP contribution in [0.15, 0.2) is 24.3 Å². The van der Waals surface area contributed by atoms with E-state index in [1.165, 1.54) is 6.92 Å². The number of para-hydroxylation sites is 1. The molecule has 2 amide bonds. The zero-order chi connectivity index (χ0) is 12.4. The van der Waals surface area contributed by atoms with Crippen LogP contribution in [-0.2, 0) is 11.2 Å². The van der Waals surface area contributed by atoms with Crippen LogP contribution in [0.25, 0.3) is 0 Å². The SMILES string of the molecule is C[C@H](NC(=O)N1CCc2ccccc21)C(=O)O. The summed E-state index contributed by atoms with van der Waals surface area (Å²) in [6.07, 6.45) is 0.811. The molecule has 1 atom stereocenters. The predicted octanol–water partition coefficient (Wildman–Crippen LogP) is 1.23. The lowest BCUT2D eigenvalue weighted by Gasteiger charge is -2.19. The van der Waals surface area contributed by atoms with Gasteiger partial charge in [0.05, 0.1) is 0 Å². The van der Waals surface area contributed by atoms with Crippen molar-refractivity contribution in [3.05, 3.63) is 29.8 Å². The zero-order valence-electron chi connectivity index (χ0n) is 9.51. The van der Waals surface area contributed by atoms with Gasteiger partial charge < -0.3 is 10.4 Å². The van der Waals surface area contributed by atoms with Gasteiger partial charge in [-0.05, 0) is 25.0 Å². The maximum Gasteiger partial charge on any atom is 0.325 e. The number of urea groups is 1. The maximum atomic E-state index is 11.9. The molecule has 1 aromatic carbocycles. The van der Waals surface area contributed by atoms with E-state index in [0.29, 0.717) is 6.54 Å². The lowest BCUT2D eigenvalue weighted by atomic mass is 10.2. The van der Waals surface area contributed by atoms with Crippen molar-refractivity contribution in [3.63, 3.8) is 0 Å². The molecule has 0 aromatic heterocycles. The molecule has 0 spiro atoms. The van der Waals surface area contributed by atoms with Crippen LogP contribution >= 0.6 is 0 Å². The van der Waals surface area contributed by atoms with Crippen molar-refractivity contribution in [1.82, 2.24) is 5.32 Å². The first-order valence-electron chi connectivity index (χ1n) is 5.48. The van der Waals surface area contributed by atoms with Gasteiger partial charge in [0, 0.05) is 12.2 Å². The minimum absolute atomic E-state index is 0.357. The molecule has 17 heavy (non-hydrogen) atoms. The second-order valence-corrected chi connectivity index (χ2v) is 4.04. The highest BCUT2D eigenvalue weighted by Gasteiger charge is 2.26. The molecule has 0 saturated heterocycles. The second kappa shape index (κ2) is 4.45. The van der Waals surface area contributed by atoms with Crippen molar-refractivity contribution in [2.75, 3.05) is 11.4 Å². The Bertz CT molecular complexity index is 459. The van der Waals surface area contributed by atoms with Gasteiger partial charge in [0.2, 0.25) is 0 Å². The minimum Gasteiger partial charge on any atom is -0.480 e. The van der Waals surface area contributed by atoms with Crippen LogP contribution in [0.3, 0.4) is 0 Å². The molecular weight excluding hydrogens is 220 g/mol. The lowest BCUT2D eigenvalue weighted by Crippen LogP contribution is -2.46. The largest absolute Gasteiger partial charge is 0.480 e. The smallest absolute Gasteiger partial charge is 0.325 e. The van der Waals surface area contributed by atoms with Crippen LogP contribution in [0.5, 0.6) is 0 Å². The second-order valence-electron chi connectivity index (χ2n) is 4.04. The molecule has 5 heteroatoms. The quantitative estimate of drug-likeness (QED) is 0.808. The van der Waals surface area contributed by atoms with Gasteiger partial charge in [0.25, 0.3) is 0 Å². The minimum atomic E-state index is -1.04. The first kappa shape index (κ1) is 11.4. The zero-order valence-corrected chi connectivity index (χ0v) is 9.51. The molecule has 0 saturated carbocycles. The number of benzene rings is 1. The number of rotatable bonds is 2. The number of carboxylic acids is 1. The van der Waals surface area contributed by atoms with E-state index in [2.05, 4.69) is 5.32 Å². The standard InChI is InChI=1S/C12H14N2O3/c1-8(11(15)16)13-12(17)14-7-6-9-4-2-3-5-10(9)14/h2-5,8H,6-7H2,1H3,(H,13,17)(H,15,16)/t8-/m0/s1. The highest BCUT2D eigenvalue weighted by atomic mass is 16.4. The van der Waals surface area contributed by atoms with Gasteiger partial charge in [-0.15, -0.1) is 0 Å². The van der Waals surface area contributed by atoms with Crippen molar-refractivity contribution < 1.29 is 14.7 Å². The highest BCUT2D eigenvalue weighted by Crippen LogP contribution is 2.27. The Morgan fingerprint density at radius 3 is 2.82 bits per heavy atom. The van der Waals surface area contributed by atoms with Crippen LogP contribution < -0.4 is 10.2 Å². The average molecular weight is 234 g/mol. The molecule has 2 N–H and O–H groups in total. The lowest BCUT2D eigenvalue weighted by molar-refractivity contribution is -0.138. The van der Waals surface area contributed by atoms with E-state index in [4.69, 9.17) is 5.11 Å². The Hall–Kier alpha value is -2.04. The van der Waals surface area contributed by atoms with Gasteiger partial charge in [-0.3, -0.25) is 9.69 Å². The highest BCUT2D eigenvalue weighted by molar-refractivity contribution is 5.96. The monoisotopic (exact) mass is 234 g/mol. The third kappa shape index (κ3) is 2.22. The molecule has 0 aliphatic carbocycles. The van der Waals surface area contributed by atoms with Crippen molar-refractivity contribution in [2.24, 2.45) is 0 Å². The number of nitrogens with zero attached hydrogens (tertiary/aromatic N) is 1. The molecule has 0 bridgehead atoms. The molecule has 0 fully saturated rings. The van der Waals surface area contributed by atoms with Crippen molar-refractivity contribution in [3.8, 4) is 0 Å². The molecule has 1 aromatic rings. The molecule has 90 valence electrons. The van der Waals surface area contributed by atoms with Gasteiger partial charge in [0.1, 0.15) is 6.04 Å². The van der Waals surface area contributed by atoms with E-state index in [9.17, 15) is 9.59 Å². The third-order valence-corrected chi connectivity index (χ3v) is 2.84. The number of amides is 2. The number of carboxylic acid groups (broad SMARTS) is 1. The van der Waals surface area contributed by atoms with E-state index in [1.54, 1.807) is 4.90 Å². The van der Waals surface area contributed by atoms with Crippen molar-refractivity contribution in [1.29, 1.82) is 0 Å². The molecule has 1 aliphatic rings. The maximum absolute atomic E-state index is 11.9. The molecule has 2 rings (SSSR count). The van der Waals surface area contributed by atoms with Gasteiger partial charge in [0.15, 0.2) is 0 Å². The Balaban J connectivity index is 2.10. The first-order valence-corrected chi connectivity index (χ1v) is 5.48. The third-order valence-electron chi connectivity index (χ3n) is 2.84. The average Bonchev–Trinajstić information content (AvgIpc) is 2.72. The van der Waals surface area contributed by atoms with Crippen LogP contribution in [0.1, 0.15) is 12.5 Å². The Kier molecular flexibility index (Phi) is 2.99. The summed E-state index contributed by atoms with van der Waals surface area (Å²) in [6, 6.07) is 6.40. The van der Waals surface area contributed by atoms with E-state index in [0.717, 1.165) is 17.7 Å². The number of hydrogen-bond acceptors (Lipinski definition) is 2. The summed E-state index contributed by atoms with van der Waals surface area (Å²) in [5, 5.41) is 11.2. The van der Waals surface area contributed by atoms with Crippen LogP contribution in [0, 0.1) is 0 Å². The summed E-state index contributed by atoms with van der Waals surface area (Å²) in [5.41, 5.74) is 1.98. The fourth-order valence-electron chi connectivity index (χ4n) is 1.87. The molecule has 0 unspecified atom stereocenters. The molecular formula is C12H14N2O3. The Morgan fingerprint density at radius 2 is 2.12 bits per heavy atom. The number of carbonyl (C=O) groups excluding carboxylic acids is 1. The number of nitrogens with one attached hydrogen (secondary N) is 1. The molecule has 5 nitrogen and oxygen atoms in total. The van der Waals surface area contributed by atoms with Gasteiger partial charge >= 0.3 is 12.0 Å². The topological polar surface area (TPSA) is 69.6 Å². The molecule has 1 aliphatic heterocycles. The van der Waals surface area contributed by atoms with Gasteiger partial charge in [-0.2, -0.15) is 0 Å². The summed E-state index contributed by atoms with van der Waals surface area (Å²) in [7, 11) is 0. The summed E-state index contributed by atoms with van der Waals surface area (Å²) in [4.78, 5) is 24.1. The molecule has 1 heterocycles. The van der Waals surface area contributed by atoms with Crippen molar-refractivity contribution in [2.45, 2.75) is 19.4 Å². The first-order chi connectivity index (χ1) is 8.09. The number of aliphatic carboxylic acids is 1. The number of hydrogen-bond donors (Lipinski definition) is 2. The summed E-state index contributed by atoms with van der Waals surface area (Å²) < 4.78 is 0.